The van der Waals surface area contributed by atoms with Gasteiger partial charge in [-0.1, -0.05) is 30.4 Å². The van der Waals surface area contributed by atoms with E-state index in [1.165, 1.54) is 0 Å². The van der Waals surface area contributed by atoms with Gasteiger partial charge in [-0.05, 0) is 36.2 Å². The van der Waals surface area contributed by atoms with Crippen molar-refractivity contribution in [3.8, 4) is 0 Å². The molecule has 1 aliphatic heterocycles. The van der Waals surface area contributed by atoms with Crippen LogP contribution in [-0.2, 0) is 16.0 Å². The second-order valence-electron chi connectivity index (χ2n) is 6.81. The molecule has 3 atom stereocenters. The smallest absolute Gasteiger partial charge is 0.251 e. The van der Waals surface area contributed by atoms with E-state index in [2.05, 4.69) is 15.6 Å². The number of ether oxygens (including phenoxy) is 1. The molecule has 3 rings (SSSR count). The third kappa shape index (κ3) is 6.23. The van der Waals surface area contributed by atoms with Crippen LogP contribution >= 0.6 is 0 Å². The van der Waals surface area contributed by atoms with Gasteiger partial charge >= 0.3 is 0 Å². The fourth-order valence-corrected chi connectivity index (χ4v) is 3.11. The number of aliphatic hydroxyl groups excluding tert-OH is 1. The molecule has 0 saturated carbocycles. The summed E-state index contributed by atoms with van der Waals surface area (Å²) in [5.74, 6) is -0.369. The van der Waals surface area contributed by atoms with E-state index in [1.807, 2.05) is 18.2 Å². The summed E-state index contributed by atoms with van der Waals surface area (Å²) in [4.78, 5) is 28.5. The quantitative estimate of drug-likeness (QED) is 0.584. The van der Waals surface area contributed by atoms with Crippen LogP contribution in [0.5, 0.6) is 0 Å². The fourth-order valence-electron chi connectivity index (χ4n) is 3.11. The van der Waals surface area contributed by atoms with Gasteiger partial charge in [-0.15, -0.1) is 0 Å². The Hall–Kier alpha value is -3.03. The number of hydrogen-bond donors (Lipinski definition) is 3. The minimum Gasteiger partial charge on any atom is -0.394 e. The predicted octanol–water partition coefficient (Wildman–Crippen LogP) is 1.24. The van der Waals surface area contributed by atoms with Crippen molar-refractivity contribution in [1.29, 1.82) is 0 Å². The standard InChI is InChI=1S/C22H25N3O4/c26-15-20-19(25-22(28)17-4-2-1-3-5-17)7-6-18(29-20)14-21(27)24-13-10-16-8-11-23-12-9-16/h1-9,11-12,18-20,26H,10,13-15H2,(H,24,27)(H,25,28)/t18-,19+,20-/m0/s1. The molecule has 0 bridgehead atoms. The number of amides is 2. The lowest BCUT2D eigenvalue weighted by Gasteiger charge is -2.31. The number of rotatable bonds is 8. The molecule has 0 radical (unpaired) electrons. The number of pyridine rings is 1. The van der Waals surface area contributed by atoms with Gasteiger partial charge in [-0.2, -0.15) is 0 Å². The van der Waals surface area contributed by atoms with Crippen molar-refractivity contribution in [2.24, 2.45) is 0 Å². The number of hydrogen-bond acceptors (Lipinski definition) is 5. The lowest BCUT2D eigenvalue weighted by atomic mass is 10.0. The summed E-state index contributed by atoms with van der Waals surface area (Å²) in [6.07, 6.45) is 6.80. The van der Waals surface area contributed by atoms with E-state index in [-0.39, 0.29) is 24.8 Å². The maximum absolute atomic E-state index is 12.3. The van der Waals surface area contributed by atoms with Gasteiger partial charge in [0.2, 0.25) is 5.91 Å². The number of nitrogens with one attached hydrogen (secondary N) is 2. The summed E-state index contributed by atoms with van der Waals surface area (Å²) in [6, 6.07) is 12.2. The Labute approximate surface area is 169 Å². The Bertz CT molecular complexity index is 826. The molecule has 152 valence electrons. The van der Waals surface area contributed by atoms with Crippen LogP contribution in [0.3, 0.4) is 0 Å². The van der Waals surface area contributed by atoms with Crippen molar-refractivity contribution in [3.63, 3.8) is 0 Å². The monoisotopic (exact) mass is 395 g/mol. The molecule has 29 heavy (non-hydrogen) atoms. The highest BCUT2D eigenvalue weighted by atomic mass is 16.5. The van der Waals surface area contributed by atoms with E-state index >= 15 is 0 Å². The predicted molar refractivity (Wildman–Crippen MR) is 108 cm³/mol. The molecule has 2 aromatic rings. The maximum Gasteiger partial charge on any atom is 0.251 e. The summed E-state index contributed by atoms with van der Waals surface area (Å²) < 4.78 is 5.80. The molecule has 2 amide bonds. The number of carbonyl (C=O) groups is 2. The second kappa shape index (κ2) is 10.5. The van der Waals surface area contributed by atoms with E-state index < -0.39 is 18.2 Å². The number of aromatic nitrogens is 1. The van der Waals surface area contributed by atoms with E-state index in [4.69, 9.17) is 4.74 Å². The van der Waals surface area contributed by atoms with Crippen LogP contribution in [-0.4, -0.2) is 53.3 Å². The molecule has 0 unspecified atom stereocenters. The molecular formula is C22H25N3O4. The first-order valence-electron chi connectivity index (χ1n) is 9.62. The minimum absolute atomic E-state index is 0.128. The van der Waals surface area contributed by atoms with Gasteiger partial charge in [0, 0.05) is 24.5 Å². The average Bonchev–Trinajstić information content (AvgIpc) is 2.76. The summed E-state index contributed by atoms with van der Waals surface area (Å²) in [6.45, 7) is 0.267. The molecule has 1 aromatic carbocycles. The number of benzene rings is 1. The molecule has 7 nitrogen and oxygen atoms in total. The largest absolute Gasteiger partial charge is 0.394 e. The van der Waals surface area contributed by atoms with Crippen molar-refractivity contribution >= 4 is 11.8 Å². The molecule has 0 aliphatic carbocycles. The SMILES string of the molecule is O=C(C[C@@H]1C=C[C@@H](NC(=O)c2ccccc2)[C@H](CO)O1)NCCc1ccncc1. The van der Waals surface area contributed by atoms with Gasteiger partial charge in [0.05, 0.1) is 25.2 Å². The third-order valence-electron chi connectivity index (χ3n) is 4.67. The molecular weight excluding hydrogens is 370 g/mol. The molecule has 1 aliphatic rings. The van der Waals surface area contributed by atoms with Gasteiger partial charge in [-0.25, -0.2) is 0 Å². The van der Waals surface area contributed by atoms with Gasteiger partial charge < -0.3 is 20.5 Å². The first kappa shape index (κ1) is 20.7. The third-order valence-corrected chi connectivity index (χ3v) is 4.67. The Balaban J connectivity index is 1.47. The Morgan fingerprint density at radius 2 is 1.83 bits per heavy atom. The Morgan fingerprint density at radius 3 is 2.55 bits per heavy atom. The molecule has 0 saturated heterocycles. The van der Waals surface area contributed by atoms with Crippen LogP contribution in [0.15, 0.2) is 67.0 Å². The van der Waals surface area contributed by atoms with Gasteiger partial charge in [-0.3, -0.25) is 14.6 Å². The molecule has 0 spiro atoms. The Kier molecular flexibility index (Phi) is 7.49. The first-order chi connectivity index (χ1) is 14.2. The van der Waals surface area contributed by atoms with Crippen LogP contribution in [0, 0.1) is 0 Å². The maximum atomic E-state index is 12.3. The zero-order chi connectivity index (χ0) is 20.5. The summed E-state index contributed by atoms with van der Waals surface area (Å²) in [7, 11) is 0. The molecule has 7 heteroatoms. The van der Waals surface area contributed by atoms with Crippen LogP contribution in [0.25, 0.3) is 0 Å². The normalized spacial score (nSPS) is 20.8. The average molecular weight is 395 g/mol. The molecule has 2 heterocycles. The summed E-state index contributed by atoms with van der Waals surface area (Å²) >= 11 is 0. The zero-order valence-corrected chi connectivity index (χ0v) is 16.0. The van der Waals surface area contributed by atoms with Crippen LogP contribution in [0.4, 0.5) is 0 Å². The van der Waals surface area contributed by atoms with Gasteiger partial charge in [0.15, 0.2) is 0 Å². The highest BCUT2D eigenvalue weighted by Gasteiger charge is 2.29. The topological polar surface area (TPSA) is 101 Å². The van der Waals surface area contributed by atoms with Gasteiger partial charge in [0.25, 0.3) is 5.91 Å². The lowest BCUT2D eigenvalue weighted by molar-refractivity contribution is -0.125. The molecule has 1 aromatic heterocycles. The fraction of sp³-hybridized carbons (Fsp3) is 0.318. The Morgan fingerprint density at radius 1 is 1.07 bits per heavy atom. The number of carbonyl (C=O) groups excluding carboxylic acids is 2. The van der Waals surface area contributed by atoms with Crippen LogP contribution in [0.1, 0.15) is 22.3 Å². The highest BCUT2D eigenvalue weighted by Crippen LogP contribution is 2.16. The highest BCUT2D eigenvalue weighted by molar-refractivity contribution is 5.94. The second-order valence-corrected chi connectivity index (χ2v) is 6.81. The van der Waals surface area contributed by atoms with Crippen LogP contribution < -0.4 is 10.6 Å². The lowest BCUT2D eigenvalue weighted by Crippen LogP contribution is -2.49. The van der Waals surface area contributed by atoms with Crippen molar-refractivity contribution in [2.75, 3.05) is 13.2 Å². The molecule has 3 N–H and O–H groups in total. The van der Waals surface area contributed by atoms with Crippen molar-refractivity contribution in [2.45, 2.75) is 31.1 Å². The van der Waals surface area contributed by atoms with E-state index in [9.17, 15) is 14.7 Å². The van der Waals surface area contributed by atoms with Crippen molar-refractivity contribution in [1.82, 2.24) is 15.6 Å². The van der Waals surface area contributed by atoms with E-state index in [0.29, 0.717) is 12.1 Å². The van der Waals surface area contributed by atoms with Crippen LogP contribution in [0.2, 0.25) is 0 Å². The molecule has 0 fully saturated rings. The van der Waals surface area contributed by atoms with E-state index in [1.54, 1.807) is 48.8 Å². The van der Waals surface area contributed by atoms with Gasteiger partial charge in [0.1, 0.15) is 6.10 Å². The number of aliphatic hydroxyl groups is 1. The summed E-state index contributed by atoms with van der Waals surface area (Å²) in [5, 5.41) is 15.4. The van der Waals surface area contributed by atoms with E-state index in [0.717, 1.165) is 12.0 Å². The number of nitrogens with zero attached hydrogens (tertiary/aromatic N) is 1. The first-order valence-corrected chi connectivity index (χ1v) is 9.62. The van der Waals surface area contributed by atoms with Crippen molar-refractivity contribution in [3.05, 3.63) is 78.1 Å². The summed E-state index contributed by atoms with van der Waals surface area (Å²) in [5.41, 5.74) is 1.64. The minimum atomic E-state index is -0.609. The zero-order valence-electron chi connectivity index (χ0n) is 16.0. The van der Waals surface area contributed by atoms with Crippen molar-refractivity contribution < 1.29 is 19.4 Å².